The van der Waals surface area contributed by atoms with Crippen molar-refractivity contribution in [2.45, 2.75) is 13.1 Å². The monoisotopic (exact) mass is 814 g/mol. The van der Waals surface area contributed by atoms with E-state index in [-0.39, 0.29) is 0 Å². The smallest absolute Gasteiger partial charge is 0.0623 e. The van der Waals surface area contributed by atoms with Gasteiger partial charge in [-0.2, -0.15) is 0 Å². The van der Waals surface area contributed by atoms with E-state index in [1.165, 1.54) is 131 Å². The zero-order chi connectivity index (χ0) is 41.8. The second-order valence-electron chi connectivity index (χ2n) is 18.0. The lowest BCUT2D eigenvalue weighted by Crippen LogP contribution is -2.49. The Kier molecular flexibility index (Phi) is 7.86. The molecule has 63 heavy (non-hydrogen) atoms. The molecule has 0 amide bonds. The molecule has 0 saturated heterocycles. The van der Waals surface area contributed by atoms with Gasteiger partial charge in [0.1, 0.15) is 8.07 Å². The van der Waals surface area contributed by atoms with Crippen LogP contribution < -0.4 is 10.4 Å². The first kappa shape index (κ1) is 36.1. The molecule has 1 aliphatic heterocycles. The van der Waals surface area contributed by atoms with E-state index in [0.717, 1.165) is 0 Å². The van der Waals surface area contributed by atoms with Crippen LogP contribution in [0.15, 0.2) is 218 Å². The lowest BCUT2D eigenvalue weighted by Gasteiger charge is -2.23. The molecule has 13 rings (SSSR count). The topological polar surface area (TPSA) is 0 Å². The molecule has 1 heteroatoms. The molecule has 12 aromatic carbocycles. The zero-order valence-electron chi connectivity index (χ0n) is 35.3. The number of hydrogen-bond donors (Lipinski definition) is 0. The minimum absolute atomic E-state index is 1.23. The van der Waals surface area contributed by atoms with Crippen molar-refractivity contribution in [1.82, 2.24) is 0 Å². The van der Waals surface area contributed by atoms with Gasteiger partial charge in [-0.3, -0.25) is 0 Å². The number of benzene rings is 12. The van der Waals surface area contributed by atoms with E-state index in [0.29, 0.717) is 0 Å². The average molecular weight is 815 g/mol. The molecule has 0 spiro atoms. The molecule has 0 saturated carbocycles. The summed E-state index contributed by atoms with van der Waals surface area (Å²) >= 11 is 0. The van der Waals surface area contributed by atoms with E-state index in [1.54, 1.807) is 0 Å². The van der Waals surface area contributed by atoms with Gasteiger partial charge >= 0.3 is 0 Å². The van der Waals surface area contributed by atoms with Crippen LogP contribution in [0.1, 0.15) is 0 Å². The third kappa shape index (κ3) is 5.40. The Labute approximate surface area is 368 Å². The average Bonchev–Trinajstić information content (AvgIpc) is 3.56. The van der Waals surface area contributed by atoms with Gasteiger partial charge in [0.2, 0.25) is 0 Å². The van der Waals surface area contributed by atoms with Gasteiger partial charge in [0, 0.05) is 0 Å². The zero-order valence-corrected chi connectivity index (χ0v) is 36.3. The van der Waals surface area contributed by atoms with Crippen LogP contribution in [0.3, 0.4) is 0 Å². The predicted molar refractivity (Wildman–Crippen MR) is 275 cm³/mol. The van der Waals surface area contributed by atoms with Crippen LogP contribution >= 0.6 is 0 Å². The van der Waals surface area contributed by atoms with Crippen molar-refractivity contribution < 1.29 is 0 Å². The van der Waals surface area contributed by atoms with Crippen LogP contribution in [0.2, 0.25) is 13.1 Å². The molecule has 0 atom stereocenters. The molecule has 0 unspecified atom stereocenters. The van der Waals surface area contributed by atoms with E-state index in [4.69, 9.17) is 0 Å². The minimum Gasteiger partial charge on any atom is -0.0623 e. The Morgan fingerprint density at radius 2 is 0.651 bits per heavy atom. The summed E-state index contributed by atoms with van der Waals surface area (Å²) in [7, 11) is -2.02. The van der Waals surface area contributed by atoms with Crippen LogP contribution in [0, 0.1) is 0 Å². The first-order chi connectivity index (χ1) is 31.0. The fraction of sp³-hybridized carbons (Fsp3) is 0.0323. The van der Waals surface area contributed by atoms with E-state index in [2.05, 4.69) is 231 Å². The summed E-state index contributed by atoms with van der Waals surface area (Å²) in [6.45, 7) is 5.08. The van der Waals surface area contributed by atoms with Crippen molar-refractivity contribution in [3.63, 3.8) is 0 Å². The second-order valence-corrected chi connectivity index (χ2v) is 22.3. The van der Waals surface area contributed by atoms with Gasteiger partial charge in [0.25, 0.3) is 0 Å². The molecular formula is C62H42Si. The van der Waals surface area contributed by atoms with E-state index in [9.17, 15) is 0 Å². The molecule has 0 fully saturated rings. The maximum absolute atomic E-state index is 2.62. The SMILES string of the molecule is C[Si]1(C)c2ccccc2-c2cc3c(-c4ccc5ccccc5c4)c4ccc(-c5c6ccccc6c(-c6ccccc6)c6ccccc56)cc4c(-c4ccc5ccccc5c4)c3cc21. The summed E-state index contributed by atoms with van der Waals surface area (Å²) in [5.41, 5.74) is 12.9. The van der Waals surface area contributed by atoms with Gasteiger partial charge in [0.05, 0.1) is 0 Å². The first-order valence-electron chi connectivity index (χ1n) is 22.2. The van der Waals surface area contributed by atoms with Crippen molar-refractivity contribution >= 4 is 83.1 Å². The molecule has 0 aromatic heterocycles. The minimum atomic E-state index is -2.02. The Hall–Kier alpha value is -7.58. The highest BCUT2D eigenvalue weighted by Crippen LogP contribution is 2.49. The van der Waals surface area contributed by atoms with Gasteiger partial charge in [-0.25, -0.2) is 0 Å². The van der Waals surface area contributed by atoms with Crippen molar-refractivity contribution in [1.29, 1.82) is 0 Å². The second kappa shape index (κ2) is 13.7. The Morgan fingerprint density at radius 3 is 1.27 bits per heavy atom. The van der Waals surface area contributed by atoms with Gasteiger partial charge in [-0.1, -0.05) is 207 Å². The first-order valence-corrected chi connectivity index (χ1v) is 25.2. The molecule has 0 nitrogen and oxygen atoms in total. The highest BCUT2D eigenvalue weighted by Gasteiger charge is 2.38. The summed E-state index contributed by atoms with van der Waals surface area (Å²) < 4.78 is 0. The largest absolute Gasteiger partial charge is 0.113 e. The third-order valence-corrected chi connectivity index (χ3v) is 17.7. The van der Waals surface area contributed by atoms with E-state index in [1.807, 2.05) is 0 Å². The normalized spacial score (nSPS) is 13.0. The van der Waals surface area contributed by atoms with Gasteiger partial charge in [0.15, 0.2) is 0 Å². The number of rotatable bonds is 4. The number of fused-ring (bicyclic) bond motifs is 9. The quantitative estimate of drug-likeness (QED) is 0.123. The molecule has 1 heterocycles. The maximum Gasteiger partial charge on any atom is 0.113 e. The van der Waals surface area contributed by atoms with Crippen molar-refractivity contribution in [2.75, 3.05) is 0 Å². The van der Waals surface area contributed by atoms with Crippen molar-refractivity contribution in [2.24, 2.45) is 0 Å². The Balaban J connectivity index is 1.21. The molecule has 0 aliphatic carbocycles. The summed E-state index contributed by atoms with van der Waals surface area (Å²) in [6.07, 6.45) is 0. The highest BCUT2D eigenvalue weighted by molar-refractivity contribution is 7.04. The molecule has 0 N–H and O–H groups in total. The molecule has 0 bridgehead atoms. The van der Waals surface area contributed by atoms with Crippen LogP contribution in [0.25, 0.3) is 120 Å². The Bertz CT molecular complexity index is 3820. The van der Waals surface area contributed by atoms with E-state index < -0.39 is 8.07 Å². The summed E-state index contributed by atoms with van der Waals surface area (Å²) in [5.74, 6) is 0. The fourth-order valence-electron chi connectivity index (χ4n) is 11.2. The summed E-state index contributed by atoms with van der Waals surface area (Å²) in [5, 5.41) is 18.3. The molecule has 294 valence electrons. The van der Waals surface area contributed by atoms with Gasteiger partial charge in [-0.15, -0.1) is 0 Å². The summed E-state index contributed by atoms with van der Waals surface area (Å²) in [4.78, 5) is 0. The van der Waals surface area contributed by atoms with Crippen molar-refractivity contribution in [3.05, 3.63) is 218 Å². The van der Waals surface area contributed by atoms with Crippen LogP contribution in [-0.2, 0) is 0 Å². The van der Waals surface area contributed by atoms with E-state index >= 15 is 0 Å². The van der Waals surface area contributed by atoms with Gasteiger partial charge in [-0.05, 0) is 155 Å². The fourth-order valence-corrected chi connectivity index (χ4v) is 14.3. The van der Waals surface area contributed by atoms with Crippen LogP contribution in [0.4, 0.5) is 0 Å². The molecule has 0 radical (unpaired) electrons. The Morgan fingerprint density at radius 1 is 0.238 bits per heavy atom. The third-order valence-electron chi connectivity index (χ3n) is 14.2. The van der Waals surface area contributed by atoms with Crippen molar-refractivity contribution in [3.8, 4) is 55.6 Å². The van der Waals surface area contributed by atoms with Crippen LogP contribution in [0.5, 0.6) is 0 Å². The van der Waals surface area contributed by atoms with Crippen LogP contribution in [-0.4, -0.2) is 8.07 Å². The molecular weight excluding hydrogens is 773 g/mol. The lowest BCUT2D eigenvalue weighted by molar-refractivity contribution is 1.66. The molecule has 12 aromatic rings. The number of hydrogen-bond acceptors (Lipinski definition) is 0. The lowest BCUT2D eigenvalue weighted by atomic mass is 9.82. The summed E-state index contributed by atoms with van der Waals surface area (Å²) in [6, 6.07) is 82.4. The standard InChI is InChI=1S/C62H42Si/c1-63(2)57-27-15-14-22-47(57)53-37-55-56(38-58(53)63)62(45-31-29-40-17-7-9-21-43(40)35-45)54-36-46(32-33-52(54)61(55)44-30-28-39-16-6-8-20-42(39)34-44)60-50-25-12-10-23-48(50)59(41-18-4-3-5-19-41)49-24-11-13-26-51(49)60/h3-38H,1-2H3. The maximum atomic E-state index is 2.62. The van der Waals surface area contributed by atoms with Gasteiger partial charge < -0.3 is 0 Å². The molecule has 1 aliphatic rings. The highest BCUT2D eigenvalue weighted by atomic mass is 28.3. The predicted octanol–water partition coefficient (Wildman–Crippen LogP) is 16.1.